The number of thiazole rings is 1. The molecule has 148 valence electrons. The number of rotatable bonds is 5. The molecule has 1 heterocycles. The molecule has 0 spiro atoms. The molecule has 1 amide bonds. The normalized spacial score (nSPS) is 11.1. The Hall–Kier alpha value is -2.64. The number of benzene rings is 2. The molecule has 0 aliphatic carbocycles. The molecule has 3 aromatic rings. The topological polar surface area (TPSA) is 50.3 Å². The molecule has 7 heteroatoms. The van der Waals surface area contributed by atoms with E-state index in [-0.39, 0.29) is 16.2 Å². The number of aryl methyl sites for hydroxylation is 1. The monoisotopic (exact) mass is 472 g/mol. The van der Waals surface area contributed by atoms with Crippen molar-refractivity contribution in [3.8, 4) is 0 Å². The van der Waals surface area contributed by atoms with Crippen molar-refractivity contribution in [3.05, 3.63) is 80.5 Å². The standard InChI is InChI=1S/C22H18BrFN2O2S/c1-13-5-4-6-20(14(13)2)26(15(3)27)22-25-17(12-29-22)8-10-21(28)16-7-9-19(24)18(23)11-16/h4-12H,1-3H3. The molecule has 3 rings (SSSR count). The van der Waals surface area contributed by atoms with Gasteiger partial charge in [0.25, 0.3) is 0 Å². The minimum Gasteiger partial charge on any atom is -0.289 e. The second-order valence-electron chi connectivity index (χ2n) is 6.45. The Bertz CT molecular complexity index is 1120. The summed E-state index contributed by atoms with van der Waals surface area (Å²) in [6.45, 7) is 5.45. The van der Waals surface area contributed by atoms with Gasteiger partial charge in [0, 0.05) is 17.9 Å². The highest BCUT2D eigenvalue weighted by Crippen LogP contribution is 2.32. The number of amides is 1. The van der Waals surface area contributed by atoms with E-state index in [0.717, 1.165) is 16.8 Å². The third-order valence-corrected chi connectivity index (χ3v) is 5.89. The summed E-state index contributed by atoms with van der Waals surface area (Å²) in [4.78, 5) is 30.7. The molecule has 2 aromatic carbocycles. The Morgan fingerprint density at radius 1 is 1.21 bits per heavy atom. The summed E-state index contributed by atoms with van der Waals surface area (Å²) in [7, 11) is 0. The number of carbonyl (C=O) groups is 2. The Labute approximate surface area is 180 Å². The van der Waals surface area contributed by atoms with E-state index < -0.39 is 5.82 Å². The third kappa shape index (κ3) is 4.68. The van der Waals surface area contributed by atoms with Crippen molar-refractivity contribution in [1.82, 2.24) is 4.98 Å². The van der Waals surface area contributed by atoms with Crippen LogP contribution in [0.2, 0.25) is 0 Å². The lowest BCUT2D eigenvalue weighted by Crippen LogP contribution is -2.23. The molecule has 0 unspecified atom stereocenters. The number of aromatic nitrogens is 1. The van der Waals surface area contributed by atoms with Gasteiger partial charge >= 0.3 is 0 Å². The van der Waals surface area contributed by atoms with E-state index in [1.807, 2.05) is 32.0 Å². The lowest BCUT2D eigenvalue weighted by molar-refractivity contribution is -0.115. The summed E-state index contributed by atoms with van der Waals surface area (Å²) >= 11 is 4.40. The van der Waals surface area contributed by atoms with Crippen LogP contribution in [0.5, 0.6) is 0 Å². The highest BCUT2D eigenvalue weighted by Gasteiger charge is 2.20. The van der Waals surface area contributed by atoms with Crippen LogP contribution in [0.4, 0.5) is 15.2 Å². The molecule has 0 aliphatic rings. The van der Waals surface area contributed by atoms with Crippen molar-refractivity contribution in [2.45, 2.75) is 20.8 Å². The van der Waals surface area contributed by atoms with E-state index in [4.69, 9.17) is 0 Å². The van der Waals surface area contributed by atoms with E-state index >= 15 is 0 Å². The SMILES string of the molecule is CC(=O)N(c1nc(C=CC(=O)c2ccc(F)c(Br)c2)cs1)c1cccc(C)c1C. The molecular formula is C22H18BrFN2O2S. The first kappa shape index (κ1) is 21.1. The molecular weight excluding hydrogens is 455 g/mol. The first-order valence-corrected chi connectivity index (χ1v) is 10.4. The first-order valence-electron chi connectivity index (χ1n) is 8.78. The zero-order valence-corrected chi connectivity index (χ0v) is 18.5. The average Bonchev–Trinajstić information content (AvgIpc) is 3.14. The van der Waals surface area contributed by atoms with Crippen molar-refractivity contribution in [1.29, 1.82) is 0 Å². The number of allylic oxidation sites excluding steroid dienone is 1. The molecule has 0 N–H and O–H groups in total. The smallest absolute Gasteiger partial charge is 0.230 e. The lowest BCUT2D eigenvalue weighted by Gasteiger charge is -2.21. The van der Waals surface area contributed by atoms with Gasteiger partial charge in [0.05, 0.1) is 15.9 Å². The minimum atomic E-state index is -0.426. The van der Waals surface area contributed by atoms with Gasteiger partial charge in [-0.1, -0.05) is 12.1 Å². The van der Waals surface area contributed by atoms with E-state index in [9.17, 15) is 14.0 Å². The number of ketones is 1. The Kier molecular flexibility index (Phi) is 6.39. The van der Waals surface area contributed by atoms with Crippen LogP contribution in [0.3, 0.4) is 0 Å². The number of hydrogen-bond acceptors (Lipinski definition) is 4. The van der Waals surface area contributed by atoms with Gasteiger partial charge in [0.1, 0.15) is 5.82 Å². The van der Waals surface area contributed by atoms with E-state index in [1.165, 1.54) is 42.5 Å². The number of hydrogen-bond donors (Lipinski definition) is 0. The highest BCUT2D eigenvalue weighted by molar-refractivity contribution is 9.10. The molecule has 29 heavy (non-hydrogen) atoms. The summed E-state index contributed by atoms with van der Waals surface area (Å²) in [5, 5.41) is 2.31. The van der Waals surface area contributed by atoms with E-state index in [1.54, 1.807) is 16.4 Å². The summed E-state index contributed by atoms with van der Waals surface area (Å²) in [5.41, 5.74) is 3.81. The van der Waals surface area contributed by atoms with Gasteiger partial charge in [0.15, 0.2) is 10.9 Å². The second-order valence-corrected chi connectivity index (χ2v) is 8.15. The van der Waals surface area contributed by atoms with E-state index in [2.05, 4.69) is 20.9 Å². The zero-order valence-electron chi connectivity index (χ0n) is 16.1. The molecule has 0 aliphatic heterocycles. The van der Waals surface area contributed by atoms with E-state index in [0.29, 0.717) is 16.4 Å². The van der Waals surface area contributed by atoms with Gasteiger partial charge < -0.3 is 0 Å². The summed E-state index contributed by atoms with van der Waals surface area (Å²) in [6, 6.07) is 9.88. The minimum absolute atomic E-state index is 0.143. The van der Waals surface area contributed by atoms with Gasteiger partial charge in [0.2, 0.25) is 5.91 Å². The van der Waals surface area contributed by atoms with Gasteiger partial charge in [-0.15, -0.1) is 11.3 Å². The first-order chi connectivity index (χ1) is 13.8. The van der Waals surface area contributed by atoms with Gasteiger partial charge in [-0.3, -0.25) is 14.5 Å². The molecule has 0 saturated carbocycles. The van der Waals surface area contributed by atoms with Crippen LogP contribution in [-0.4, -0.2) is 16.7 Å². The predicted molar refractivity (Wildman–Crippen MR) is 118 cm³/mol. The van der Waals surface area contributed by atoms with Gasteiger partial charge in [-0.2, -0.15) is 0 Å². The molecule has 0 atom stereocenters. The number of anilines is 2. The number of carbonyl (C=O) groups excluding carboxylic acids is 2. The maximum atomic E-state index is 13.3. The van der Waals surface area contributed by atoms with Crippen molar-refractivity contribution < 1.29 is 14.0 Å². The maximum absolute atomic E-state index is 13.3. The summed E-state index contributed by atoms with van der Waals surface area (Å²) < 4.78 is 13.6. The second kappa shape index (κ2) is 8.80. The van der Waals surface area contributed by atoms with Crippen molar-refractivity contribution >= 4 is 55.9 Å². The summed E-state index contributed by atoms with van der Waals surface area (Å²) in [5.74, 6) is -0.834. The fourth-order valence-electron chi connectivity index (χ4n) is 2.75. The molecule has 1 aromatic heterocycles. The molecule has 0 bridgehead atoms. The lowest BCUT2D eigenvalue weighted by atomic mass is 10.1. The average molecular weight is 473 g/mol. The van der Waals surface area contributed by atoms with Gasteiger partial charge in [-0.05, 0) is 77.3 Å². The van der Waals surface area contributed by atoms with Crippen molar-refractivity contribution in [2.75, 3.05) is 4.90 Å². The van der Waals surface area contributed by atoms with Crippen LogP contribution >= 0.6 is 27.3 Å². The largest absolute Gasteiger partial charge is 0.289 e. The zero-order chi connectivity index (χ0) is 21.1. The summed E-state index contributed by atoms with van der Waals surface area (Å²) in [6.07, 6.45) is 2.97. The van der Waals surface area contributed by atoms with Crippen molar-refractivity contribution in [2.24, 2.45) is 0 Å². The fourth-order valence-corrected chi connectivity index (χ4v) is 3.97. The highest BCUT2D eigenvalue weighted by atomic mass is 79.9. The van der Waals surface area contributed by atoms with Gasteiger partial charge in [-0.25, -0.2) is 9.37 Å². The van der Waals surface area contributed by atoms with Crippen LogP contribution in [0.15, 0.2) is 52.3 Å². The Balaban J connectivity index is 1.86. The number of nitrogens with zero attached hydrogens (tertiary/aromatic N) is 2. The Morgan fingerprint density at radius 3 is 2.66 bits per heavy atom. The van der Waals surface area contributed by atoms with Crippen LogP contribution in [0.25, 0.3) is 6.08 Å². The Morgan fingerprint density at radius 2 is 1.97 bits per heavy atom. The van der Waals surface area contributed by atoms with Crippen molar-refractivity contribution in [3.63, 3.8) is 0 Å². The third-order valence-electron chi connectivity index (χ3n) is 4.44. The number of halogens is 2. The van der Waals surface area contributed by atoms with Crippen LogP contribution in [0, 0.1) is 19.7 Å². The molecule has 0 fully saturated rings. The van der Waals surface area contributed by atoms with Crippen LogP contribution in [0.1, 0.15) is 34.1 Å². The van der Waals surface area contributed by atoms with Crippen LogP contribution in [-0.2, 0) is 4.79 Å². The maximum Gasteiger partial charge on any atom is 0.230 e. The quantitative estimate of drug-likeness (QED) is 0.326. The van der Waals surface area contributed by atoms with Crippen LogP contribution < -0.4 is 4.90 Å². The fraction of sp³-hybridized carbons (Fsp3) is 0.136. The molecule has 4 nitrogen and oxygen atoms in total. The molecule has 0 radical (unpaired) electrons. The predicted octanol–water partition coefficient (Wildman–Crippen LogP) is 6.24. The molecule has 0 saturated heterocycles.